The van der Waals surface area contributed by atoms with E-state index in [4.69, 9.17) is 4.98 Å². The fraction of sp³-hybridized carbons (Fsp3) is 0.128. The summed E-state index contributed by atoms with van der Waals surface area (Å²) < 4.78 is 0. The summed E-state index contributed by atoms with van der Waals surface area (Å²) in [6, 6.07) is 54.0. The minimum absolute atomic E-state index is 1.000. The van der Waals surface area contributed by atoms with E-state index in [1.165, 1.54) is 82.9 Å². The van der Waals surface area contributed by atoms with Crippen molar-refractivity contribution in [2.24, 2.45) is 0 Å². The molecule has 0 radical (unpaired) electrons. The molecule has 8 aromatic rings. The lowest BCUT2D eigenvalue weighted by molar-refractivity contribution is 0.767. The maximum absolute atomic E-state index is 4.99. The van der Waals surface area contributed by atoms with E-state index in [9.17, 15) is 0 Å². The molecular formula is C47H37N3. The number of aromatic nitrogens is 1. The van der Waals surface area contributed by atoms with Gasteiger partial charge < -0.3 is 9.80 Å². The van der Waals surface area contributed by atoms with Gasteiger partial charge in [-0.15, -0.1) is 0 Å². The first kappa shape index (κ1) is 29.0. The summed E-state index contributed by atoms with van der Waals surface area (Å²) in [6.45, 7) is 2.02. The van der Waals surface area contributed by atoms with Crippen molar-refractivity contribution in [2.45, 2.75) is 25.7 Å². The van der Waals surface area contributed by atoms with Crippen LogP contribution < -0.4 is 9.80 Å². The molecule has 0 saturated heterocycles. The number of nitrogens with zero attached hydrogens (tertiary/aromatic N) is 3. The van der Waals surface area contributed by atoms with E-state index in [0.717, 1.165) is 44.5 Å². The molecule has 3 heteroatoms. The molecule has 50 heavy (non-hydrogen) atoms. The standard InChI is InChI=1S/C47H37N3/c1-2-14-35-29-36(21-20-32(35)11-1)46-39-24-22-38(50-28-10-16-34-13-4-6-19-45(34)50)31-42(39)47(43-17-7-8-26-48-43)40-25-23-37(30-41(40)46)49-27-9-15-33-12-3-5-18-44(33)49/h1-8,11-14,17-26,29-31H,9-10,15-16,27-28H2. The number of pyridine rings is 1. The molecule has 0 bridgehead atoms. The van der Waals surface area contributed by atoms with Gasteiger partial charge in [0, 0.05) is 47.6 Å². The molecular weight excluding hydrogens is 607 g/mol. The summed E-state index contributed by atoms with van der Waals surface area (Å²) in [5, 5.41) is 7.47. The van der Waals surface area contributed by atoms with Crippen LogP contribution in [0.5, 0.6) is 0 Å². The van der Waals surface area contributed by atoms with Gasteiger partial charge in [-0.2, -0.15) is 0 Å². The average Bonchev–Trinajstić information content (AvgIpc) is 3.19. The number of aryl methyl sites for hydroxylation is 2. The van der Waals surface area contributed by atoms with Crippen LogP contribution in [0.3, 0.4) is 0 Å². The van der Waals surface area contributed by atoms with E-state index < -0.39 is 0 Å². The van der Waals surface area contributed by atoms with Crippen LogP contribution in [0.25, 0.3) is 54.7 Å². The van der Waals surface area contributed by atoms with Gasteiger partial charge in [-0.05, 0) is 135 Å². The van der Waals surface area contributed by atoms with Crippen LogP contribution in [-0.4, -0.2) is 18.1 Å². The summed E-state index contributed by atoms with van der Waals surface area (Å²) in [6.07, 6.45) is 6.46. The van der Waals surface area contributed by atoms with Gasteiger partial charge in [-0.1, -0.05) is 91.0 Å². The number of hydrogen-bond acceptors (Lipinski definition) is 3. The van der Waals surface area contributed by atoms with Gasteiger partial charge >= 0.3 is 0 Å². The zero-order valence-electron chi connectivity index (χ0n) is 28.0. The molecule has 0 unspecified atom stereocenters. The monoisotopic (exact) mass is 643 g/mol. The second-order valence-corrected chi connectivity index (χ2v) is 13.8. The third-order valence-corrected chi connectivity index (χ3v) is 10.9. The molecule has 0 aliphatic carbocycles. The Kier molecular flexibility index (Phi) is 6.90. The number of anilines is 4. The summed E-state index contributed by atoms with van der Waals surface area (Å²) in [7, 11) is 0. The van der Waals surface area contributed by atoms with E-state index in [1.54, 1.807) is 0 Å². The van der Waals surface area contributed by atoms with Crippen molar-refractivity contribution in [2.75, 3.05) is 22.9 Å². The van der Waals surface area contributed by atoms with Crippen molar-refractivity contribution >= 4 is 55.1 Å². The Bertz CT molecular complexity index is 2570. The zero-order valence-corrected chi connectivity index (χ0v) is 28.0. The Hall–Kier alpha value is -5.93. The third-order valence-electron chi connectivity index (χ3n) is 10.9. The van der Waals surface area contributed by atoms with Gasteiger partial charge in [0.1, 0.15) is 0 Å². The summed E-state index contributed by atoms with van der Waals surface area (Å²) in [5.41, 5.74) is 12.7. The second-order valence-electron chi connectivity index (χ2n) is 13.8. The van der Waals surface area contributed by atoms with E-state index in [1.807, 2.05) is 12.3 Å². The lowest BCUT2D eigenvalue weighted by atomic mass is 9.86. The lowest BCUT2D eigenvalue weighted by Crippen LogP contribution is -2.24. The average molecular weight is 644 g/mol. The van der Waals surface area contributed by atoms with Crippen LogP contribution >= 0.6 is 0 Å². The highest BCUT2D eigenvalue weighted by molar-refractivity contribution is 6.22. The first-order valence-electron chi connectivity index (χ1n) is 18.0. The van der Waals surface area contributed by atoms with Crippen LogP contribution in [0.1, 0.15) is 24.0 Å². The Morgan fingerprint density at radius 1 is 0.440 bits per heavy atom. The first-order valence-corrected chi connectivity index (χ1v) is 18.0. The van der Waals surface area contributed by atoms with Gasteiger partial charge in [0.05, 0.1) is 5.69 Å². The van der Waals surface area contributed by atoms with Crippen molar-refractivity contribution in [3.05, 3.63) is 163 Å². The molecule has 7 aromatic carbocycles. The van der Waals surface area contributed by atoms with Crippen molar-refractivity contribution in [1.29, 1.82) is 0 Å². The molecule has 3 nitrogen and oxygen atoms in total. The highest BCUT2D eigenvalue weighted by Gasteiger charge is 2.24. The predicted molar refractivity (Wildman–Crippen MR) is 211 cm³/mol. The van der Waals surface area contributed by atoms with Crippen molar-refractivity contribution in [3.63, 3.8) is 0 Å². The van der Waals surface area contributed by atoms with E-state index >= 15 is 0 Å². The molecule has 3 heterocycles. The zero-order chi connectivity index (χ0) is 33.0. The summed E-state index contributed by atoms with van der Waals surface area (Å²) in [5.74, 6) is 0. The SMILES string of the molecule is c1ccc(-c2c3ccc(N4CCCc5ccccc54)cc3c(-c3ccc4ccccc4c3)c3ccc(N4CCCc5ccccc54)cc23)nc1. The van der Waals surface area contributed by atoms with Crippen LogP contribution in [0, 0.1) is 0 Å². The smallest absolute Gasteiger partial charge is 0.0714 e. The number of para-hydroxylation sites is 2. The van der Waals surface area contributed by atoms with Gasteiger partial charge in [-0.3, -0.25) is 4.98 Å². The van der Waals surface area contributed by atoms with Gasteiger partial charge in [-0.25, -0.2) is 0 Å². The number of rotatable bonds is 4. The molecule has 0 saturated carbocycles. The Morgan fingerprint density at radius 2 is 1.02 bits per heavy atom. The maximum atomic E-state index is 4.99. The van der Waals surface area contributed by atoms with Crippen LogP contribution in [0.2, 0.25) is 0 Å². The highest BCUT2D eigenvalue weighted by Crippen LogP contribution is 2.47. The molecule has 10 rings (SSSR count). The third kappa shape index (κ3) is 4.76. The number of fused-ring (bicyclic) bond motifs is 5. The Morgan fingerprint density at radius 3 is 1.68 bits per heavy atom. The number of hydrogen-bond donors (Lipinski definition) is 0. The minimum atomic E-state index is 1.000. The van der Waals surface area contributed by atoms with Crippen molar-refractivity contribution in [1.82, 2.24) is 4.98 Å². The maximum Gasteiger partial charge on any atom is 0.0714 e. The second kappa shape index (κ2) is 11.9. The largest absolute Gasteiger partial charge is 0.341 e. The molecule has 0 fully saturated rings. The first-order chi connectivity index (χ1) is 24.8. The minimum Gasteiger partial charge on any atom is -0.341 e. The molecule has 0 atom stereocenters. The van der Waals surface area contributed by atoms with Crippen LogP contribution in [-0.2, 0) is 12.8 Å². The molecule has 0 spiro atoms. The molecule has 0 N–H and O–H groups in total. The predicted octanol–water partition coefficient (Wildman–Crippen LogP) is 12.0. The topological polar surface area (TPSA) is 19.4 Å². The van der Waals surface area contributed by atoms with Crippen LogP contribution in [0.4, 0.5) is 22.7 Å². The number of benzene rings is 7. The molecule has 1 aromatic heterocycles. The fourth-order valence-electron chi connectivity index (χ4n) is 8.59. The Labute approximate surface area is 293 Å². The van der Waals surface area contributed by atoms with Gasteiger partial charge in [0.25, 0.3) is 0 Å². The lowest BCUT2D eigenvalue weighted by Gasteiger charge is -2.32. The van der Waals surface area contributed by atoms with Gasteiger partial charge in [0.2, 0.25) is 0 Å². The van der Waals surface area contributed by atoms with Crippen LogP contribution in [0.15, 0.2) is 152 Å². The Balaban J connectivity index is 1.29. The normalized spacial score (nSPS) is 14.2. The molecule has 240 valence electrons. The molecule has 2 aliphatic heterocycles. The van der Waals surface area contributed by atoms with E-state index in [0.29, 0.717) is 0 Å². The fourth-order valence-corrected chi connectivity index (χ4v) is 8.59. The van der Waals surface area contributed by atoms with Crippen molar-refractivity contribution < 1.29 is 0 Å². The highest BCUT2D eigenvalue weighted by atomic mass is 15.1. The van der Waals surface area contributed by atoms with E-state index in [2.05, 4.69) is 149 Å². The molecule has 0 amide bonds. The van der Waals surface area contributed by atoms with Crippen molar-refractivity contribution in [3.8, 4) is 22.4 Å². The summed E-state index contributed by atoms with van der Waals surface area (Å²) >= 11 is 0. The van der Waals surface area contributed by atoms with Gasteiger partial charge in [0.15, 0.2) is 0 Å². The molecule has 2 aliphatic rings. The summed E-state index contributed by atoms with van der Waals surface area (Å²) in [4.78, 5) is 10.0. The van der Waals surface area contributed by atoms with E-state index in [-0.39, 0.29) is 0 Å². The quantitative estimate of drug-likeness (QED) is 0.178.